The van der Waals surface area contributed by atoms with Crippen LogP contribution in [0.2, 0.25) is 10.0 Å². The summed E-state index contributed by atoms with van der Waals surface area (Å²) in [5.41, 5.74) is 1.78. The largest absolute Gasteiger partial charge is 0.295 e. The van der Waals surface area contributed by atoms with Gasteiger partial charge in [0.1, 0.15) is 0 Å². The van der Waals surface area contributed by atoms with Gasteiger partial charge in [0.15, 0.2) is 5.78 Å². The Morgan fingerprint density at radius 3 is 2.37 bits per heavy atom. The summed E-state index contributed by atoms with van der Waals surface area (Å²) in [6, 6.07) is 13.1. The van der Waals surface area contributed by atoms with E-state index in [9.17, 15) is 4.79 Å². The zero-order chi connectivity index (χ0) is 13.8. The summed E-state index contributed by atoms with van der Waals surface area (Å²) < 4.78 is 0. The van der Waals surface area contributed by atoms with Crippen molar-refractivity contribution in [1.82, 2.24) is 0 Å². The van der Waals surface area contributed by atoms with Gasteiger partial charge in [-0.2, -0.15) is 0 Å². The minimum Gasteiger partial charge on any atom is -0.295 e. The molecule has 0 fully saturated rings. The maximum atomic E-state index is 11.2. The Balaban J connectivity index is 2.04. The van der Waals surface area contributed by atoms with Crippen molar-refractivity contribution in [1.29, 1.82) is 0 Å². The lowest BCUT2D eigenvalue weighted by Gasteiger charge is -2.05. The normalized spacial score (nSPS) is 10.5. The van der Waals surface area contributed by atoms with Gasteiger partial charge >= 0.3 is 0 Å². The van der Waals surface area contributed by atoms with Crippen LogP contribution in [0.25, 0.3) is 0 Å². The Morgan fingerprint density at radius 1 is 1.11 bits per heavy atom. The second kappa shape index (κ2) is 6.47. The predicted octanol–water partition coefficient (Wildman–Crippen LogP) is 5.49. The molecule has 4 heteroatoms. The van der Waals surface area contributed by atoms with Crippen LogP contribution >= 0.6 is 35.0 Å². The standard InChI is InChI=1S/C15H12Cl2OS/c1-10(18)11-3-6-14(7-4-11)19-9-12-2-5-13(16)8-15(12)17/h2-8H,9H2,1H3. The zero-order valence-electron chi connectivity index (χ0n) is 10.3. The minimum atomic E-state index is 0.0808. The number of hydrogen-bond acceptors (Lipinski definition) is 2. The molecule has 0 amide bonds. The molecule has 0 heterocycles. The third kappa shape index (κ3) is 4.00. The number of benzene rings is 2. The van der Waals surface area contributed by atoms with Crippen LogP contribution in [0.3, 0.4) is 0 Å². The fourth-order valence-corrected chi connectivity index (χ4v) is 3.04. The van der Waals surface area contributed by atoms with Gasteiger partial charge in [0.05, 0.1) is 0 Å². The molecule has 2 rings (SSSR count). The summed E-state index contributed by atoms with van der Waals surface area (Å²) in [6.07, 6.45) is 0. The third-order valence-electron chi connectivity index (χ3n) is 2.67. The first-order valence-electron chi connectivity index (χ1n) is 5.74. The van der Waals surface area contributed by atoms with E-state index in [1.54, 1.807) is 24.8 Å². The van der Waals surface area contributed by atoms with Gasteiger partial charge in [-0.05, 0) is 36.8 Å². The first kappa shape index (κ1) is 14.4. The number of thioether (sulfide) groups is 1. The Hall–Kier alpha value is -0.960. The molecule has 0 saturated heterocycles. The van der Waals surface area contributed by atoms with Gasteiger partial charge in [-0.25, -0.2) is 0 Å². The van der Waals surface area contributed by atoms with Crippen LogP contribution in [0.15, 0.2) is 47.4 Å². The van der Waals surface area contributed by atoms with Crippen molar-refractivity contribution in [3.05, 3.63) is 63.6 Å². The molecule has 0 bridgehead atoms. The smallest absolute Gasteiger partial charge is 0.159 e. The van der Waals surface area contributed by atoms with Gasteiger partial charge in [0.2, 0.25) is 0 Å². The molecule has 0 aliphatic carbocycles. The fourth-order valence-electron chi connectivity index (χ4n) is 1.59. The van der Waals surface area contributed by atoms with E-state index in [0.717, 1.165) is 21.8 Å². The molecule has 0 aromatic heterocycles. The summed E-state index contributed by atoms with van der Waals surface area (Å²) >= 11 is 13.7. The molecule has 19 heavy (non-hydrogen) atoms. The van der Waals surface area contributed by atoms with Crippen molar-refractivity contribution in [2.45, 2.75) is 17.6 Å². The molecule has 0 radical (unpaired) electrons. The molecule has 0 atom stereocenters. The molecule has 2 aromatic carbocycles. The molecular weight excluding hydrogens is 299 g/mol. The number of halogens is 2. The Bertz CT molecular complexity index is 594. The first-order chi connectivity index (χ1) is 9.06. The molecule has 0 spiro atoms. The second-order valence-electron chi connectivity index (χ2n) is 4.10. The highest BCUT2D eigenvalue weighted by Crippen LogP contribution is 2.28. The third-order valence-corrected chi connectivity index (χ3v) is 4.32. The quantitative estimate of drug-likeness (QED) is 0.549. The second-order valence-corrected chi connectivity index (χ2v) is 6.00. The monoisotopic (exact) mass is 310 g/mol. The average Bonchev–Trinajstić information content (AvgIpc) is 2.38. The van der Waals surface area contributed by atoms with Gasteiger partial charge in [-0.15, -0.1) is 11.8 Å². The topological polar surface area (TPSA) is 17.1 Å². The van der Waals surface area contributed by atoms with Crippen LogP contribution in [0.4, 0.5) is 0 Å². The van der Waals surface area contributed by atoms with Crippen LogP contribution < -0.4 is 0 Å². The number of carbonyl (C=O) groups excluding carboxylic acids is 1. The maximum Gasteiger partial charge on any atom is 0.159 e. The molecular formula is C15H12Cl2OS. The van der Waals surface area contributed by atoms with Crippen LogP contribution in [0.1, 0.15) is 22.8 Å². The molecule has 0 unspecified atom stereocenters. The number of hydrogen-bond donors (Lipinski definition) is 0. The van der Waals surface area contributed by atoms with Crippen molar-refractivity contribution in [2.24, 2.45) is 0 Å². The van der Waals surface area contributed by atoms with E-state index in [0.29, 0.717) is 10.0 Å². The average molecular weight is 311 g/mol. The number of ketones is 1. The van der Waals surface area contributed by atoms with Crippen LogP contribution in [0, 0.1) is 0 Å². The highest BCUT2D eigenvalue weighted by atomic mass is 35.5. The van der Waals surface area contributed by atoms with E-state index in [-0.39, 0.29) is 5.78 Å². The van der Waals surface area contributed by atoms with Crippen molar-refractivity contribution < 1.29 is 4.79 Å². The van der Waals surface area contributed by atoms with E-state index in [1.807, 2.05) is 36.4 Å². The van der Waals surface area contributed by atoms with Gasteiger partial charge in [-0.3, -0.25) is 4.79 Å². The molecule has 1 nitrogen and oxygen atoms in total. The highest BCUT2D eigenvalue weighted by Gasteiger charge is 2.03. The summed E-state index contributed by atoms with van der Waals surface area (Å²) in [7, 11) is 0. The van der Waals surface area contributed by atoms with Gasteiger partial charge in [0.25, 0.3) is 0 Å². The van der Waals surface area contributed by atoms with E-state index < -0.39 is 0 Å². The summed E-state index contributed by atoms with van der Waals surface area (Å²) in [6.45, 7) is 1.57. The Morgan fingerprint density at radius 2 is 1.79 bits per heavy atom. The molecule has 0 aliphatic heterocycles. The van der Waals surface area contributed by atoms with Crippen molar-refractivity contribution >= 4 is 40.7 Å². The van der Waals surface area contributed by atoms with Crippen molar-refractivity contribution in [2.75, 3.05) is 0 Å². The van der Waals surface area contributed by atoms with E-state index in [4.69, 9.17) is 23.2 Å². The number of Topliss-reactive ketones (excluding diaryl/α,β-unsaturated/α-hetero) is 1. The lowest BCUT2D eigenvalue weighted by atomic mass is 10.2. The lowest BCUT2D eigenvalue weighted by molar-refractivity contribution is 0.101. The maximum absolute atomic E-state index is 11.2. The number of rotatable bonds is 4. The molecule has 0 N–H and O–H groups in total. The molecule has 0 aliphatic rings. The number of carbonyl (C=O) groups is 1. The summed E-state index contributed by atoms with van der Waals surface area (Å²) in [5, 5.41) is 1.32. The zero-order valence-corrected chi connectivity index (χ0v) is 12.6. The SMILES string of the molecule is CC(=O)c1ccc(SCc2ccc(Cl)cc2Cl)cc1. The molecule has 2 aromatic rings. The van der Waals surface area contributed by atoms with Crippen LogP contribution in [-0.2, 0) is 5.75 Å². The predicted molar refractivity (Wildman–Crippen MR) is 82.5 cm³/mol. The minimum absolute atomic E-state index is 0.0808. The van der Waals surface area contributed by atoms with Gasteiger partial charge in [0, 0.05) is 26.3 Å². The highest BCUT2D eigenvalue weighted by molar-refractivity contribution is 7.98. The Labute approximate surface area is 126 Å². The van der Waals surface area contributed by atoms with Crippen molar-refractivity contribution in [3.63, 3.8) is 0 Å². The van der Waals surface area contributed by atoms with E-state index >= 15 is 0 Å². The van der Waals surface area contributed by atoms with Crippen LogP contribution in [0.5, 0.6) is 0 Å². The lowest BCUT2D eigenvalue weighted by Crippen LogP contribution is -1.90. The fraction of sp³-hybridized carbons (Fsp3) is 0.133. The van der Waals surface area contributed by atoms with Crippen molar-refractivity contribution in [3.8, 4) is 0 Å². The van der Waals surface area contributed by atoms with E-state index in [1.165, 1.54) is 0 Å². The van der Waals surface area contributed by atoms with E-state index in [2.05, 4.69) is 0 Å². The summed E-state index contributed by atoms with van der Waals surface area (Å²) in [4.78, 5) is 12.3. The van der Waals surface area contributed by atoms with Gasteiger partial charge < -0.3 is 0 Å². The molecule has 98 valence electrons. The van der Waals surface area contributed by atoms with Gasteiger partial charge in [-0.1, -0.05) is 41.4 Å². The summed E-state index contributed by atoms with van der Waals surface area (Å²) in [5.74, 6) is 0.854. The molecule has 0 saturated carbocycles. The Kier molecular flexibility index (Phi) is 4.92. The van der Waals surface area contributed by atoms with Crippen LogP contribution in [-0.4, -0.2) is 5.78 Å². The first-order valence-corrected chi connectivity index (χ1v) is 7.48.